The molecule has 0 fully saturated rings. The Morgan fingerprint density at radius 2 is 0.944 bits per heavy atom. The van der Waals surface area contributed by atoms with E-state index in [1.807, 2.05) is 39.8 Å². The highest BCUT2D eigenvalue weighted by Gasteiger charge is 1.95. The minimum atomic E-state index is 1.00. The lowest BCUT2D eigenvalue weighted by molar-refractivity contribution is 1.44. The molecular weight excluding hydrogens is 236 g/mol. The Kier molecular flexibility index (Phi) is 9.13. The zero-order valence-corrected chi connectivity index (χ0v) is 13.0. The maximum absolute atomic E-state index is 4.26. The first kappa shape index (κ1) is 16.8. The molecule has 98 valence electrons. The largest absolute Gasteiger partial charge is 0.143 e. The molecule has 0 aliphatic heterocycles. The average Bonchev–Trinajstić information content (AvgIpc) is 2.45. The fourth-order valence-corrected chi connectivity index (χ4v) is 1.55. The van der Waals surface area contributed by atoms with Crippen LogP contribution in [0.2, 0.25) is 0 Å². The summed E-state index contributed by atoms with van der Waals surface area (Å²) in [6.45, 7) is 10.1. The molecule has 0 spiro atoms. The third kappa shape index (κ3) is 5.42. The minimum Gasteiger partial charge on any atom is -0.143 e. The minimum absolute atomic E-state index is 1.00. The predicted octanol–water partition coefficient (Wildman–Crippen LogP) is 6.00. The van der Waals surface area contributed by atoms with E-state index in [-0.39, 0.29) is 0 Å². The van der Waals surface area contributed by atoms with Gasteiger partial charge in [-0.2, -0.15) is 0 Å². The molecule has 0 nitrogen and oxygen atoms in total. The smallest absolute Gasteiger partial charge is 0.00404 e. The Morgan fingerprint density at radius 3 is 1.33 bits per heavy atom. The number of benzene rings is 2. The fraction of sp³-hybridized carbons (Fsp3) is 0.294. The van der Waals surface area contributed by atoms with Crippen LogP contribution in [0.15, 0.2) is 53.4 Å². The SMILES string of the molecule is CC.CC.Cc1ccc(-c2ccc(S)cc2)cc1. The fourth-order valence-electron chi connectivity index (χ4n) is 1.40. The molecule has 0 amide bonds. The maximum atomic E-state index is 4.26. The van der Waals surface area contributed by atoms with Gasteiger partial charge in [0, 0.05) is 4.90 Å². The van der Waals surface area contributed by atoms with Crippen LogP contribution in [-0.4, -0.2) is 0 Å². The van der Waals surface area contributed by atoms with Crippen molar-refractivity contribution in [2.24, 2.45) is 0 Å². The lowest BCUT2D eigenvalue weighted by Gasteiger charge is -2.02. The molecule has 18 heavy (non-hydrogen) atoms. The second-order valence-corrected chi connectivity index (χ2v) is 3.93. The summed E-state index contributed by atoms with van der Waals surface area (Å²) >= 11 is 4.26. The van der Waals surface area contributed by atoms with Crippen molar-refractivity contribution in [3.63, 3.8) is 0 Å². The van der Waals surface area contributed by atoms with Crippen molar-refractivity contribution >= 4 is 12.6 Å². The highest BCUT2D eigenvalue weighted by molar-refractivity contribution is 7.80. The van der Waals surface area contributed by atoms with Gasteiger partial charge in [0.15, 0.2) is 0 Å². The molecule has 0 radical (unpaired) electrons. The summed E-state index contributed by atoms with van der Waals surface area (Å²) in [7, 11) is 0. The van der Waals surface area contributed by atoms with Gasteiger partial charge in [-0.05, 0) is 30.2 Å². The molecule has 0 saturated heterocycles. The van der Waals surface area contributed by atoms with Crippen molar-refractivity contribution in [1.29, 1.82) is 0 Å². The van der Waals surface area contributed by atoms with Gasteiger partial charge in [0.25, 0.3) is 0 Å². The lowest BCUT2D eigenvalue weighted by Crippen LogP contribution is -1.77. The van der Waals surface area contributed by atoms with E-state index in [9.17, 15) is 0 Å². The van der Waals surface area contributed by atoms with Crippen LogP contribution in [0, 0.1) is 6.92 Å². The number of hydrogen-bond donors (Lipinski definition) is 1. The van der Waals surface area contributed by atoms with Gasteiger partial charge in [-0.1, -0.05) is 69.7 Å². The van der Waals surface area contributed by atoms with Crippen LogP contribution < -0.4 is 0 Å². The number of rotatable bonds is 1. The van der Waals surface area contributed by atoms with Gasteiger partial charge < -0.3 is 0 Å². The second kappa shape index (κ2) is 9.78. The first-order valence-electron chi connectivity index (χ1n) is 6.62. The Bertz CT molecular complexity index is 369. The summed E-state index contributed by atoms with van der Waals surface area (Å²) in [4.78, 5) is 1.00. The van der Waals surface area contributed by atoms with Crippen molar-refractivity contribution in [3.8, 4) is 11.1 Å². The zero-order valence-electron chi connectivity index (χ0n) is 12.1. The van der Waals surface area contributed by atoms with E-state index in [1.54, 1.807) is 0 Å². The van der Waals surface area contributed by atoms with E-state index in [4.69, 9.17) is 0 Å². The average molecular weight is 260 g/mol. The molecule has 2 aromatic rings. The lowest BCUT2D eigenvalue weighted by atomic mass is 10.0. The van der Waals surface area contributed by atoms with E-state index in [0.29, 0.717) is 0 Å². The summed E-state index contributed by atoms with van der Waals surface area (Å²) in [5, 5.41) is 0. The van der Waals surface area contributed by atoms with Crippen molar-refractivity contribution in [3.05, 3.63) is 54.1 Å². The number of thiol groups is 1. The van der Waals surface area contributed by atoms with Crippen LogP contribution in [0.25, 0.3) is 11.1 Å². The normalized spacial score (nSPS) is 8.56. The molecule has 0 atom stereocenters. The van der Waals surface area contributed by atoms with Crippen molar-refractivity contribution in [2.75, 3.05) is 0 Å². The van der Waals surface area contributed by atoms with Crippen LogP contribution in [0.3, 0.4) is 0 Å². The van der Waals surface area contributed by atoms with Gasteiger partial charge in [-0.25, -0.2) is 0 Å². The van der Waals surface area contributed by atoms with Crippen LogP contribution in [-0.2, 0) is 0 Å². The molecule has 0 heterocycles. The van der Waals surface area contributed by atoms with Gasteiger partial charge in [0.05, 0.1) is 0 Å². The Morgan fingerprint density at radius 1 is 0.611 bits per heavy atom. The first-order chi connectivity index (χ1) is 8.75. The summed E-state index contributed by atoms with van der Waals surface area (Å²) < 4.78 is 0. The van der Waals surface area contributed by atoms with Crippen molar-refractivity contribution in [1.82, 2.24) is 0 Å². The molecule has 0 N–H and O–H groups in total. The quantitative estimate of drug-likeness (QED) is 0.597. The van der Waals surface area contributed by atoms with Crippen molar-refractivity contribution < 1.29 is 0 Å². The molecule has 0 aromatic heterocycles. The molecule has 1 heteroatoms. The highest BCUT2D eigenvalue weighted by Crippen LogP contribution is 2.20. The van der Waals surface area contributed by atoms with E-state index in [2.05, 4.69) is 56.0 Å². The molecule has 0 aliphatic rings. The molecule has 0 aliphatic carbocycles. The molecule has 2 rings (SSSR count). The van der Waals surface area contributed by atoms with Gasteiger partial charge >= 0.3 is 0 Å². The van der Waals surface area contributed by atoms with Crippen LogP contribution >= 0.6 is 12.6 Å². The van der Waals surface area contributed by atoms with Gasteiger partial charge in [0.1, 0.15) is 0 Å². The van der Waals surface area contributed by atoms with Gasteiger partial charge in [-0.3, -0.25) is 0 Å². The standard InChI is InChI=1S/C13H12S.2C2H6/c1-10-2-4-11(5-3-10)12-6-8-13(14)9-7-12;2*1-2/h2-9,14H,1H3;2*1-2H3. The van der Waals surface area contributed by atoms with Gasteiger partial charge in [-0.15, -0.1) is 12.6 Å². The Balaban J connectivity index is 0.000000659. The predicted molar refractivity (Wildman–Crippen MR) is 86.6 cm³/mol. The number of hydrogen-bond acceptors (Lipinski definition) is 1. The maximum Gasteiger partial charge on any atom is 0.00404 e. The topological polar surface area (TPSA) is 0 Å². The van der Waals surface area contributed by atoms with Crippen molar-refractivity contribution in [2.45, 2.75) is 39.5 Å². The Labute approximate surface area is 117 Å². The third-order valence-electron chi connectivity index (χ3n) is 2.25. The summed E-state index contributed by atoms with van der Waals surface area (Å²) in [5.74, 6) is 0. The van der Waals surface area contributed by atoms with Crippen LogP contribution in [0.1, 0.15) is 33.3 Å². The number of aryl methyl sites for hydroxylation is 1. The second-order valence-electron chi connectivity index (χ2n) is 3.41. The van der Waals surface area contributed by atoms with Crippen LogP contribution in [0.5, 0.6) is 0 Å². The van der Waals surface area contributed by atoms with E-state index >= 15 is 0 Å². The molecule has 0 bridgehead atoms. The molecule has 2 aromatic carbocycles. The monoisotopic (exact) mass is 260 g/mol. The van der Waals surface area contributed by atoms with Crippen LogP contribution in [0.4, 0.5) is 0 Å². The van der Waals surface area contributed by atoms with E-state index in [0.717, 1.165) is 4.90 Å². The summed E-state index contributed by atoms with van der Waals surface area (Å²) in [6, 6.07) is 16.7. The molecule has 0 saturated carbocycles. The van der Waals surface area contributed by atoms with E-state index in [1.165, 1.54) is 16.7 Å². The van der Waals surface area contributed by atoms with Gasteiger partial charge in [0.2, 0.25) is 0 Å². The summed E-state index contributed by atoms with van der Waals surface area (Å²) in [5.41, 5.74) is 3.78. The zero-order chi connectivity index (χ0) is 14.0. The highest BCUT2D eigenvalue weighted by atomic mass is 32.1. The van der Waals surface area contributed by atoms with E-state index < -0.39 is 0 Å². The third-order valence-corrected chi connectivity index (χ3v) is 2.55. The first-order valence-corrected chi connectivity index (χ1v) is 7.06. The molecular formula is C17H24S. The molecule has 0 unspecified atom stereocenters. The summed E-state index contributed by atoms with van der Waals surface area (Å²) in [6.07, 6.45) is 0. The Hall–Kier alpha value is -1.21.